The molecule has 9 nitrogen and oxygen atoms in total. The summed E-state index contributed by atoms with van der Waals surface area (Å²) in [5.74, 6) is -6.42. The number of ether oxygens (including phenoxy) is 3. The summed E-state index contributed by atoms with van der Waals surface area (Å²) in [7, 11) is 0. The highest BCUT2D eigenvalue weighted by Gasteiger charge is 2.64. The van der Waals surface area contributed by atoms with E-state index in [9.17, 15) is 23.9 Å². The summed E-state index contributed by atoms with van der Waals surface area (Å²) in [6.45, 7) is 2.56. The van der Waals surface area contributed by atoms with Crippen LogP contribution in [0.5, 0.6) is 0 Å². The zero-order valence-corrected chi connectivity index (χ0v) is 17.1. The Kier molecular flexibility index (Phi) is 5.71. The van der Waals surface area contributed by atoms with Crippen LogP contribution in [0.4, 0.5) is 4.39 Å². The van der Waals surface area contributed by atoms with Gasteiger partial charge in [0.25, 0.3) is 0 Å². The van der Waals surface area contributed by atoms with Crippen molar-refractivity contribution < 1.29 is 42.9 Å². The first-order valence-corrected chi connectivity index (χ1v) is 10.3. The number of hydrogen-bond acceptors (Lipinski definition) is 9. The van der Waals surface area contributed by atoms with Crippen LogP contribution in [0.3, 0.4) is 0 Å². The van der Waals surface area contributed by atoms with Gasteiger partial charge in [-0.3, -0.25) is 9.59 Å². The Hall–Kier alpha value is -2.56. The molecule has 3 aliphatic rings. The Morgan fingerprint density at radius 1 is 1.29 bits per heavy atom. The minimum atomic E-state index is -2.42. The summed E-state index contributed by atoms with van der Waals surface area (Å²) in [5, 5.41) is 12.2. The van der Waals surface area contributed by atoms with Gasteiger partial charge in [-0.2, -0.15) is 0 Å². The molecule has 1 spiro atoms. The minimum Gasteiger partial charge on any atom is -0.405 e. The molecule has 4 rings (SSSR count). The van der Waals surface area contributed by atoms with Gasteiger partial charge in [0.1, 0.15) is 5.82 Å². The SMILES string of the molecule is CCOCc1cc(CCC2C(=O)OC34CCCN3OC(=O)CC2(O)C(=O)O4)ccc1F. The monoisotopic (exact) mass is 437 g/mol. The Bertz CT molecular complexity index is 907. The van der Waals surface area contributed by atoms with Gasteiger partial charge < -0.3 is 24.2 Å². The molecule has 0 aromatic heterocycles. The Labute approximate surface area is 178 Å². The van der Waals surface area contributed by atoms with Gasteiger partial charge in [-0.15, -0.1) is 0 Å². The quantitative estimate of drug-likeness (QED) is 0.659. The highest BCUT2D eigenvalue weighted by atomic mass is 19.1. The van der Waals surface area contributed by atoms with Gasteiger partial charge in [0, 0.05) is 25.1 Å². The van der Waals surface area contributed by atoms with E-state index >= 15 is 0 Å². The second kappa shape index (κ2) is 8.18. The molecule has 168 valence electrons. The second-order valence-corrected chi connectivity index (χ2v) is 7.95. The number of nitrogens with zero attached hydrogens (tertiary/aromatic N) is 1. The van der Waals surface area contributed by atoms with Crippen molar-refractivity contribution in [3.63, 3.8) is 0 Å². The first-order chi connectivity index (χ1) is 14.8. The van der Waals surface area contributed by atoms with Crippen LogP contribution in [0.25, 0.3) is 0 Å². The molecule has 0 amide bonds. The lowest BCUT2D eigenvalue weighted by Gasteiger charge is -2.36. The van der Waals surface area contributed by atoms with E-state index in [0.717, 1.165) is 5.06 Å². The molecule has 10 heteroatoms. The van der Waals surface area contributed by atoms with Gasteiger partial charge in [0.15, 0.2) is 5.60 Å². The number of halogens is 1. The lowest BCUT2D eigenvalue weighted by atomic mass is 9.80. The summed E-state index contributed by atoms with van der Waals surface area (Å²) in [5.41, 5.74) is -1.38. The van der Waals surface area contributed by atoms with Gasteiger partial charge in [0.05, 0.1) is 18.9 Å². The molecule has 31 heavy (non-hydrogen) atoms. The molecule has 0 aliphatic carbocycles. The molecule has 2 bridgehead atoms. The van der Waals surface area contributed by atoms with E-state index in [1.54, 1.807) is 19.1 Å². The van der Waals surface area contributed by atoms with E-state index < -0.39 is 47.6 Å². The fourth-order valence-electron chi connectivity index (χ4n) is 4.22. The molecular formula is C21H24FNO8. The molecular weight excluding hydrogens is 413 g/mol. The van der Waals surface area contributed by atoms with Crippen LogP contribution in [-0.2, 0) is 46.5 Å². The predicted molar refractivity (Wildman–Crippen MR) is 100 cm³/mol. The summed E-state index contributed by atoms with van der Waals surface area (Å²) < 4.78 is 30.1. The molecule has 3 fully saturated rings. The van der Waals surface area contributed by atoms with Crippen molar-refractivity contribution >= 4 is 17.9 Å². The summed E-state index contributed by atoms with van der Waals surface area (Å²) in [4.78, 5) is 43.3. The number of aryl methyl sites for hydroxylation is 1. The highest BCUT2D eigenvalue weighted by molar-refractivity contribution is 5.93. The number of rotatable bonds is 6. The van der Waals surface area contributed by atoms with Crippen molar-refractivity contribution in [2.45, 2.75) is 57.1 Å². The van der Waals surface area contributed by atoms with Gasteiger partial charge in [-0.25, -0.2) is 9.18 Å². The lowest BCUT2D eigenvalue weighted by molar-refractivity contribution is -0.353. The van der Waals surface area contributed by atoms with Crippen LogP contribution in [-0.4, -0.2) is 52.7 Å². The van der Waals surface area contributed by atoms with Crippen LogP contribution < -0.4 is 0 Å². The van der Waals surface area contributed by atoms with Crippen molar-refractivity contribution in [1.29, 1.82) is 0 Å². The van der Waals surface area contributed by atoms with E-state index in [1.807, 2.05) is 0 Å². The molecule has 1 aromatic rings. The first kappa shape index (κ1) is 21.7. The smallest absolute Gasteiger partial charge is 0.351 e. The van der Waals surface area contributed by atoms with E-state index in [1.165, 1.54) is 6.07 Å². The summed E-state index contributed by atoms with van der Waals surface area (Å²) in [6, 6.07) is 4.46. The molecule has 3 atom stereocenters. The number of hydroxylamine groups is 2. The number of fused-ring (bicyclic) bond motifs is 2. The normalized spacial score (nSPS) is 30.7. The van der Waals surface area contributed by atoms with Crippen LogP contribution in [0.15, 0.2) is 18.2 Å². The summed E-state index contributed by atoms with van der Waals surface area (Å²) in [6.07, 6.45) is 0.0552. The van der Waals surface area contributed by atoms with Crippen LogP contribution >= 0.6 is 0 Å². The average molecular weight is 437 g/mol. The number of carbonyl (C=O) groups is 3. The maximum atomic E-state index is 14.0. The average Bonchev–Trinajstić information content (AvgIpc) is 3.05. The lowest BCUT2D eigenvalue weighted by Crippen LogP contribution is -2.56. The maximum Gasteiger partial charge on any atom is 0.351 e. The number of aliphatic hydroxyl groups is 1. The van der Waals surface area contributed by atoms with Crippen LogP contribution in [0.1, 0.15) is 43.7 Å². The Morgan fingerprint density at radius 2 is 2.10 bits per heavy atom. The van der Waals surface area contributed by atoms with Gasteiger partial charge in [-0.1, -0.05) is 17.2 Å². The third kappa shape index (κ3) is 3.90. The zero-order chi connectivity index (χ0) is 22.2. The Balaban J connectivity index is 1.60. The molecule has 1 aromatic carbocycles. The van der Waals surface area contributed by atoms with E-state index in [-0.39, 0.29) is 32.4 Å². The minimum absolute atomic E-state index is 0.0203. The molecule has 3 saturated heterocycles. The number of esters is 2. The predicted octanol–water partition coefficient (Wildman–Crippen LogP) is 1.35. The molecule has 0 radical (unpaired) electrons. The van der Waals surface area contributed by atoms with E-state index in [2.05, 4.69) is 0 Å². The highest BCUT2D eigenvalue weighted by Crippen LogP contribution is 2.43. The number of hydrogen-bond donors (Lipinski definition) is 1. The first-order valence-electron chi connectivity index (χ1n) is 10.3. The largest absolute Gasteiger partial charge is 0.405 e. The molecule has 3 unspecified atom stereocenters. The van der Waals surface area contributed by atoms with Crippen molar-refractivity contribution in [2.24, 2.45) is 5.92 Å². The molecule has 1 N–H and O–H groups in total. The van der Waals surface area contributed by atoms with Crippen molar-refractivity contribution in [1.82, 2.24) is 5.06 Å². The molecule has 3 aliphatic heterocycles. The topological polar surface area (TPSA) is 112 Å². The number of benzene rings is 1. The number of carbonyl (C=O) groups excluding carboxylic acids is 3. The molecule has 0 saturated carbocycles. The zero-order valence-electron chi connectivity index (χ0n) is 17.1. The standard InChI is InChI=1S/C21H24FNO8/c1-2-28-12-14-10-13(5-7-16(14)22)4-6-15-18(25)29-21-8-3-9-23(21)31-17(24)11-20(15,27)19(26)30-21/h5,7,10,15,27H,2-4,6,8-9,11-12H2,1H3. The van der Waals surface area contributed by atoms with Crippen molar-refractivity contribution in [2.75, 3.05) is 13.2 Å². The van der Waals surface area contributed by atoms with Crippen LogP contribution in [0.2, 0.25) is 0 Å². The Morgan fingerprint density at radius 3 is 2.87 bits per heavy atom. The van der Waals surface area contributed by atoms with Crippen molar-refractivity contribution in [3.05, 3.63) is 35.1 Å². The maximum absolute atomic E-state index is 14.0. The van der Waals surface area contributed by atoms with Gasteiger partial charge >= 0.3 is 23.8 Å². The fraction of sp³-hybridized carbons (Fsp3) is 0.571. The van der Waals surface area contributed by atoms with Crippen LogP contribution in [0, 0.1) is 11.7 Å². The van der Waals surface area contributed by atoms with Gasteiger partial charge in [0.2, 0.25) is 0 Å². The third-order valence-corrected chi connectivity index (χ3v) is 5.88. The third-order valence-electron chi connectivity index (χ3n) is 5.88. The molecule has 3 heterocycles. The van der Waals surface area contributed by atoms with E-state index in [4.69, 9.17) is 19.0 Å². The van der Waals surface area contributed by atoms with E-state index in [0.29, 0.717) is 24.2 Å². The van der Waals surface area contributed by atoms with Gasteiger partial charge in [-0.05, 0) is 37.8 Å². The van der Waals surface area contributed by atoms with Crippen molar-refractivity contribution in [3.8, 4) is 0 Å². The second-order valence-electron chi connectivity index (χ2n) is 7.95. The fourth-order valence-corrected chi connectivity index (χ4v) is 4.22. The summed E-state index contributed by atoms with van der Waals surface area (Å²) >= 11 is 0.